The monoisotopic (exact) mass is 229 g/mol. The molecule has 1 unspecified atom stereocenters. The van der Waals surface area contributed by atoms with Crippen LogP contribution in [0.3, 0.4) is 0 Å². The Morgan fingerprint density at radius 1 is 1.33 bits per heavy atom. The van der Waals surface area contributed by atoms with Crippen LogP contribution in [-0.4, -0.2) is 12.6 Å². The van der Waals surface area contributed by atoms with Crippen molar-refractivity contribution in [2.75, 3.05) is 6.61 Å². The zero-order chi connectivity index (χ0) is 10.4. The van der Waals surface area contributed by atoms with Crippen molar-refractivity contribution in [2.24, 2.45) is 5.73 Å². The van der Waals surface area contributed by atoms with Crippen LogP contribution >= 0.6 is 12.4 Å². The van der Waals surface area contributed by atoms with Gasteiger partial charge in [0.2, 0.25) is 0 Å². The molecule has 2 nitrogen and oxygen atoms in total. The summed E-state index contributed by atoms with van der Waals surface area (Å²) in [6.45, 7) is 4.70. The van der Waals surface area contributed by atoms with Gasteiger partial charge >= 0.3 is 0 Å². The van der Waals surface area contributed by atoms with E-state index in [9.17, 15) is 0 Å². The summed E-state index contributed by atoms with van der Waals surface area (Å²) in [7, 11) is 0. The number of ether oxygens (including phenoxy) is 1. The quantitative estimate of drug-likeness (QED) is 0.843. The summed E-state index contributed by atoms with van der Waals surface area (Å²) in [6.07, 6.45) is 2.20. The minimum atomic E-state index is 0. The van der Waals surface area contributed by atoms with E-state index in [0.29, 0.717) is 6.61 Å². The molecule has 0 heterocycles. The molecule has 0 saturated carbocycles. The summed E-state index contributed by atoms with van der Waals surface area (Å²) >= 11 is 0. The molecule has 2 N–H and O–H groups in total. The molecule has 0 saturated heterocycles. The molecule has 0 spiro atoms. The van der Waals surface area contributed by atoms with Gasteiger partial charge < -0.3 is 10.5 Å². The fraction of sp³-hybridized carbons (Fsp3) is 0.500. The maximum absolute atomic E-state index is 5.64. The molecule has 1 aromatic rings. The van der Waals surface area contributed by atoms with E-state index in [0.717, 1.165) is 18.6 Å². The van der Waals surface area contributed by atoms with Crippen LogP contribution in [-0.2, 0) is 6.42 Å². The van der Waals surface area contributed by atoms with Crippen molar-refractivity contribution < 1.29 is 4.74 Å². The van der Waals surface area contributed by atoms with Crippen molar-refractivity contribution in [1.82, 2.24) is 0 Å². The number of para-hydroxylation sites is 1. The first-order chi connectivity index (χ1) is 6.74. The maximum Gasteiger partial charge on any atom is 0.122 e. The van der Waals surface area contributed by atoms with Crippen LogP contribution in [0.2, 0.25) is 0 Å². The fourth-order valence-electron chi connectivity index (χ4n) is 1.34. The highest BCUT2D eigenvalue weighted by molar-refractivity contribution is 5.85. The average Bonchev–Trinajstić information content (AvgIpc) is 2.17. The highest BCUT2D eigenvalue weighted by atomic mass is 35.5. The minimum Gasteiger partial charge on any atom is -0.492 e. The summed E-state index contributed by atoms with van der Waals surface area (Å²) in [6, 6.07) is 8.25. The number of halogens is 1. The van der Waals surface area contributed by atoms with Gasteiger partial charge in [0, 0.05) is 6.04 Å². The molecule has 0 aliphatic rings. The topological polar surface area (TPSA) is 35.2 Å². The van der Waals surface area contributed by atoms with E-state index >= 15 is 0 Å². The molecule has 1 rings (SSSR count). The second-order valence-electron chi connectivity index (χ2n) is 3.65. The zero-order valence-corrected chi connectivity index (χ0v) is 10.2. The lowest BCUT2D eigenvalue weighted by atomic mass is 10.1. The lowest BCUT2D eigenvalue weighted by Crippen LogP contribution is -2.23. The summed E-state index contributed by atoms with van der Waals surface area (Å²) in [5.74, 6) is 0.978. The smallest absolute Gasteiger partial charge is 0.122 e. The van der Waals surface area contributed by atoms with Crippen molar-refractivity contribution >= 4 is 12.4 Å². The Morgan fingerprint density at radius 3 is 2.60 bits per heavy atom. The molecular formula is C12H20ClNO. The van der Waals surface area contributed by atoms with Crippen molar-refractivity contribution in [3.8, 4) is 5.75 Å². The standard InChI is InChI=1S/C12H19NO.ClH/c1-3-6-11-7-4-5-8-12(11)14-9-10(2)13;/h4-5,7-8,10H,3,6,9,13H2,1-2H3;1H. The molecule has 86 valence electrons. The lowest BCUT2D eigenvalue weighted by Gasteiger charge is -2.12. The molecule has 0 amide bonds. The van der Waals surface area contributed by atoms with Gasteiger partial charge in [-0.05, 0) is 25.0 Å². The van der Waals surface area contributed by atoms with E-state index in [1.54, 1.807) is 0 Å². The number of aryl methyl sites for hydroxylation is 1. The predicted octanol–water partition coefficient (Wildman–Crippen LogP) is 2.79. The Bertz CT molecular complexity index is 276. The van der Waals surface area contributed by atoms with E-state index in [4.69, 9.17) is 10.5 Å². The van der Waals surface area contributed by atoms with Gasteiger partial charge in [0.1, 0.15) is 12.4 Å². The second kappa shape index (κ2) is 7.55. The molecule has 3 heteroatoms. The molecule has 0 radical (unpaired) electrons. The molecule has 0 aromatic heterocycles. The van der Waals surface area contributed by atoms with E-state index in [1.165, 1.54) is 5.56 Å². The molecule has 1 atom stereocenters. The molecular weight excluding hydrogens is 210 g/mol. The Balaban J connectivity index is 0.00000196. The lowest BCUT2D eigenvalue weighted by molar-refractivity contribution is 0.293. The molecule has 1 aromatic carbocycles. The van der Waals surface area contributed by atoms with Gasteiger partial charge in [-0.15, -0.1) is 12.4 Å². The first-order valence-corrected chi connectivity index (χ1v) is 5.20. The minimum absolute atomic E-state index is 0. The van der Waals surface area contributed by atoms with Gasteiger partial charge in [0.15, 0.2) is 0 Å². The Morgan fingerprint density at radius 2 is 2.00 bits per heavy atom. The highest BCUT2D eigenvalue weighted by Crippen LogP contribution is 2.19. The summed E-state index contributed by atoms with van der Waals surface area (Å²) in [4.78, 5) is 0. The van der Waals surface area contributed by atoms with Gasteiger partial charge in [0.25, 0.3) is 0 Å². The highest BCUT2D eigenvalue weighted by Gasteiger charge is 2.02. The van der Waals surface area contributed by atoms with Gasteiger partial charge in [-0.1, -0.05) is 31.5 Å². The third kappa shape index (κ3) is 5.05. The van der Waals surface area contributed by atoms with Gasteiger partial charge in [0.05, 0.1) is 0 Å². The fourth-order valence-corrected chi connectivity index (χ4v) is 1.34. The summed E-state index contributed by atoms with van der Waals surface area (Å²) in [5, 5.41) is 0. The van der Waals surface area contributed by atoms with E-state index < -0.39 is 0 Å². The first kappa shape index (κ1) is 14.3. The Kier molecular flexibility index (Phi) is 7.18. The number of nitrogens with two attached hydrogens (primary N) is 1. The molecule has 0 aliphatic heterocycles. The van der Waals surface area contributed by atoms with E-state index in [1.807, 2.05) is 25.1 Å². The molecule has 0 fully saturated rings. The number of benzene rings is 1. The average molecular weight is 230 g/mol. The third-order valence-electron chi connectivity index (χ3n) is 1.99. The van der Waals surface area contributed by atoms with Crippen molar-refractivity contribution in [2.45, 2.75) is 32.7 Å². The van der Waals surface area contributed by atoms with Crippen molar-refractivity contribution in [1.29, 1.82) is 0 Å². The largest absolute Gasteiger partial charge is 0.492 e. The van der Waals surface area contributed by atoms with E-state index in [-0.39, 0.29) is 18.4 Å². The van der Waals surface area contributed by atoms with Crippen LogP contribution in [0, 0.1) is 0 Å². The maximum atomic E-state index is 5.64. The van der Waals surface area contributed by atoms with Crippen LogP contribution in [0.25, 0.3) is 0 Å². The zero-order valence-electron chi connectivity index (χ0n) is 9.40. The number of hydrogen-bond donors (Lipinski definition) is 1. The van der Waals surface area contributed by atoms with Crippen LogP contribution < -0.4 is 10.5 Å². The SMILES string of the molecule is CCCc1ccccc1OCC(C)N.Cl. The first-order valence-electron chi connectivity index (χ1n) is 5.20. The summed E-state index contributed by atoms with van der Waals surface area (Å²) in [5.41, 5.74) is 6.91. The summed E-state index contributed by atoms with van der Waals surface area (Å²) < 4.78 is 5.63. The number of rotatable bonds is 5. The molecule has 0 aliphatic carbocycles. The molecule has 15 heavy (non-hydrogen) atoms. The van der Waals surface area contributed by atoms with E-state index in [2.05, 4.69) is 13.0 Å². The van der Waals surface area contributed by atoms with Crippen LogP contribution in [0.1, 0.15) is 25.8 Å². The van der Waals surface area contributed by atoms with Crippen LogP contribution in [0.15, 0.2) is 24.3 Å². The predicted molar refractivity (Wildman–Crippen MR) is 66.8 cm³/mol. The number of hydrogen-bond acceptors (Lipinski definition) is 2. The Labute approximate surface area is 98.2 Å². The van der Waals surface area contributed by atoms with Crippen LogP contribution in [0.4, 0.5) is 0 Å². The van der Waals surface area contributed by atoms with Crippen molar-refractivity contribution in [3.05, 3.63) is 29.8 Å². The Hall–Kier alpha value is -0.730. The molecule has 0 bridgehead atoms. The van der Waals surface area contributed by atoms with Gasteiger partial charge in [-0.2, -0.15) is 0 Å². The van der Waals surface area contributed by atoms with Crippen molar-refractivity contribution in [3.63, 3.8) is 0 Å². The second-order valence-corrected chi connectivity index (χ2v) is 3.65. The van der Waals surface area contributed by atoms with Gasteiger partial charge in [-0.25, -0.2) is 0 Å². The van der Waals surface area contributed by atoms with Gasteiger partial charge in [-0.3, -0.25) is 0 Å². The normalized spacial score (nSPS) is 11.7. The van der Waals surface area contributed by atoms with Crippen LogP contribution in [0.5, 0.6) is 5.75 Å². The third-order valence-corrected chi connectivity index (χ3v) is 1.99.